The third kappa shape index (κ3) is 4.93. The van der Waals surface area contributed by atoms with Crippen LogP contribution in [0.4, 0.5) is 5.82 Å². The Kier molecular flexibility index (Phi) is 6.92. The van der Waals surface area contributed by atoms with Crippen LogP contribution in [0.25, 0.3) is 21.3 Å². The van der Waals surface area contributed by atoms with Crippen molar-refractivity contribution in [3.05, 3.63) is 75.3 Å². The number of aryl methyl sites for hydroxylation is 1. The number of benzene rings is 1. The number of fused-ring (bicyclic) bond motifs is 1. The number of ether oxygens (including phenoxy) is 1. The number of hydrogen-bond acceptors (Lipinski definition) is 7. The fourth-order valence-corrected chi connectivity index (χ4v) is 5.90. The number of anilines is 1. The summed E-state index contributed by atoms with van der Waals surface area (Å²) in [6.45, 7) is 4.91. The molecule has 3 heterocycles. The number of methoxy groups -OCH3 is 1. The minimum absolute atomic E-state index is 0.0292. The van der Waals surface area contributed by atoms with E-state index in [0.29, 0.717) is 11.3 Å². The number of nitrogens with one attached hydrogen (secondary N) is 1. The van der Waals surface area contributed by atoms with Crippen LogP contribution in [0.3, 0.4) is 0 Å². The molecule has 1 atom stereocenters. The molecule has 4 aromatic rings. The summed E-state index contributed by atoms with van der Waals surface area (Å²) in [5.74, 6) is 1.39. The van der Waals surface area contributed by atoms with Crippen LogP contribution in [-0.2, 0) is 11.3 Å². The van der Waals surface area contributed by atoms with Crippen LogP contribution in [0.15, 0.2) is 53.5 Å². The van der Waals surface area contributed by atoms with Crippen LogP contribution in [0.2, 0.25) is 0 Å². The van der Waals surface area contributed by atoms with Gasteiger partial charge in [-0.1, -0.05) is 24.3 Å². The van der Waals surface area contributed by atoms with Crippen molar-refractivity contribution >= 4 is 28.1 Å². The van der Waals surface area contributed by atoms with Crippen LogP contribution < -0.4 is 10.9 Å². The molecule has 0 bridgehead atoms. The van der Waals surface area contributed by atoms with Gasteiger partial charge < -0.3 is 19.5 Å². The third-order valence-corrected chi connectivity index (χ3v) is 8.14. The molecule has 188 valence electrons. The Bertz CT molecular complexity index is 1440. The second-order valence-corrected chi connectivity index (χ2v) is 11.0. The number of hydrogen-bond donors (Lipinski definition) is 1. The lowest BCUT2D eigenvalue weighted by Crippen LogP contribution is -2.37. The summed E-state index contributed by atoms with van der Waals surface area (Å²) < 4.78 is 7.23. The second-order valence-electron chi connectivity index (χ2n) is 9.88. The van der Waals surface area contributed by atoms with Gasteiger partial charge in [0.05, 0.1) is 23.0 Å². The van der Waals surface area contributed by atoms with Gasteiger partial charge in [-0.2, -0.15) is 0 Å². The molecule has 7 nitrogen and oxygen atoms in total. The van der Waals surface area contributed by atoms with Crippen molar-refractivity contribution in [2.45, 2.75) is 51.4 Å². The molecule has 1 saturated carbocycles. The highest BCUT2D eigenvalue weighted by atomic mass is 32.1. The Hall–Kier alpha value is -3.07. The third-order valence-electron chi connectivity index (χ3n) is 6.84. The van der Waals surface area contributed by atoms with Gasteiger partial charge in [-0.15, -0.1) is 11.3 Å². The Morgan fingerprint density at radius 2 is 1.97 bits per heavy atom. The van der Waals surface area contributed by atoms with E-state index in [1.165, 1.54) is 20.9 Å². The molecule has 1 unspecified atom stereocenters. The fourth-order valence-electron chi connectivity index (χ4n) is 4.83. The van der Waals surface area contributed by atoms with Crippen molar-refractivity contribution in [2.75, 3.05) is 26.5 Å². The van der Waals surface area contributed by atoms with E-state index < -0.39 is 0 Å². The zero-order valence-corrected chi connectivity index (χ0v) is 22.3. The van der Waals surface area contributed by atoms with Gasteiger partial charge >= 0.3 is 0 Å². The molecular weight excluding hydrogens is 470 g/mol. The fraction of sp³-hybridized carbons (Fsp3) is 0.393. The second kappa shape index (κ2) is 10.1. The minimum Gasteiger partial charge on any atom is -0.381 e. The summed E-state index contributed by atoms with van der Waals surface area (Å²) in [7, 11) is 5.91. The summed E-state index contributed by atoms with van der Waals surface area (Å²) >= 11 is 1.80. The molecule has 1 aliphatic carbocycles. The van der Waals surface area contributed by atoms with Gasteiger partial charge in [0.15, 0.2) is 0 Å². The Morgan fingerprint density at radius 1 is 1.19 bits per heavy atom. The van der Waals surface area contributed by atoms with Gasteiger partial charge in [0.25, 0.3) is 5.56 Å². The summed E-state index contributed by atoms with van der Waals surface area (Å²) in [6, 6.07) is 14.8. The SMILES string of the molecule is COC1CC(n2cc3c(NC(C)c4ccc(-c5ccccc5CN(C)C)s4)nc(C)nc3cc2=O)C1. The summed E-state index contributed by atoms with van der Waals surface area (Å²) in [6.07, 6.45) is 3.84. The Balaban J connectivity index is 1.43. The highest BCUT2D eigenvalue weighted by Gasteiger charge is 2.31. The maximum absolute atomic E-state index is 12.8. The molecule has 36 heavy (non-hydrogen) atoms. The quantitative estimate of drug-likeness (QED) is 0.347. The van der Waals surface area contributed by atoms with Gasteiger partial charge in [0.1, 0.15) is 11.6 Å². The van der Waals surface area contributed by atoms with E-state index >= 15 is 0 Å². The number of pyridine rings is 1. The van der Waals surface area contributed by atoms with Gasteiger partial charge in [-0.3, -0.25) is 4.79 Å². The average molecular weight is 504 g/mol. The van der Waals surface area contributed by atoms with Crippen LogP contribution in [-0.4, -0.2) is 46.7 Å². The summed E-state index contributed by atoms with van der Waals surface area (Å²) in [5, 5.41) is 4.47. The van der Waals surface area contributed by atoms with E-state index in [0.717, 1.165) is 30.6 Å². The van der Waals surface area contributed by atoms with E-state index in [4.69, 9.17) is 9.72 Å². The summed E-state index contributed by atoms with van der Waals surface area (Å²) in [4.78, 5) is 26.7. The smallest absolute Gasteiger partial charge is 0.252 e. The molecule has 0 amide bonds. The summed E-state index contributed by atoms with van der Waals surface area (Å²) in [5.41, 5.74) is 3.24. The van der Waals surface area contributed by atoms with Crippen molar-refractivity contribution < 1.29 is 4.74 Å². The monoisotopic (exact) mass is 503 g/mol. The van der Waals surface area contributed by atoms with E-state index in [-0.39, 0.29) is 23.7 Å². The Morgan fingerprint density at radius 3 is 2.72 bits per heavy atom. The zero-order chi connectivity index (χ0) is 25.4. The average Bonchev–Trinajstić information content (AvgIpc) is 3.29. The molecular formula is C28H33N5O2S. The van der Waals surface area contributed by atoms with Crippen molar-refractivity contribution in [2.24, 2.45) is 0 Å². The van der Waals surface area contributed by atoms with E-state index in [1.807, 2.05) is 17.7 Å². The van der Waals surface area contributed by atoms with E-state index in [1.54, 1.807) is 24.5 Å². The lowest BCUT2D eigenvalue weighted by Gasteiger charge is -2.35. The molecule has 0 saturated heterocycles. The van der Waals surface area contributed by atoms with Crippen molar-refractivity contribution in [3.63, 3.8) is 0 Å². The van der Waals surface area contributed by atoms with Crippen LogP contribution in [0, 0.1) is 6.92 Å². The maximum atomic E-state index is 12.8. The standard InChI is InChI=1S/C28H33N5O2S/c1-17(25-10-11-26(36-25)22-9-7-6-8-19(22)15-32(3)4)29-28-23-16-33(20-12-21(13-20)35-5)27(34)14-24(23)30-18(2)31-28/h6-11,14,16-17,20-21H,12-13,15H2,1-5H3,(H,29,30,31). The molecule has 5 rings (SSSR count). The largest absolute Gasteiger partial charge is 0.381 e. The first-order chi connectivity index (χ1) is 17.3. The van der Waals surface area contributed by atoms with Crippen LogP contribution >= 0.6 is 11.3 Å². The number of nitrogens with zero attached hydrogens (tertiary/aromatic N) is 4. The number of aromatic nitrogens is 3. The zero-order valence-electron chi connectivity index (χ0n) is 21.5. The topological polar surface area (TPSA) is 72.3 Å². The molecule has 1 aliphatic rings. The highest BCUT2D eigenvalue weighted by molar-refractivity contribution is 7.15. The lowest BCUT2D eigenvalue weighted by atomic mass is 9.89. The number of rotatable bonds is 8. The molecule has 0 radical (unpaired) electrons. The predicted molar refractivity (Wildman–Crippen MR) is 147 cm³/mol. The van der Waals surface area contributed by atoms with E-state index in [9.17, 15) is 4.79 Å². The van der Waals surface area contributed by atoms with Crippen LogP contribution in [0.1, 0.15) is 48.1 Å². The first-order valence-electron chi connectivity index (χ1n) is 12.3. The van der Waals surface area contributed by atoms with Crippen molar-refractivity contribution in [3.8, 4) is 10.4 Å². The Labute approximate surface area is 215 Å². The molecule has 1 N–H and O–H groups in total. The van der Waals surface area contributed by atoms with Crippen LogP contribution in [0.5, 0.6) is 0 Å². The van der Waals surface area contributed by atoms with Gasteiger partial charge in [0.2, 0.25) is 0 Å². The normalized spacial score (nSPS) is 18.4. The molecule has 8 heteroatoms. The van der Waals surface area contributed by atoms with Gasteiger partial charge in [0, 0.05) is 41.7 Å². The predicted octanol–water partition coefficient (Wildman–Crippen LogP) is 5.41. The highest BCUT2D eigenvalue weighted by Crippen LogP contribution is 2.36. The van der Waals surface area contributed by atoms with Crippen molar-refractivity contribution in [1.82, 2.24) is 19.4 Å². The van der Waals surface area contributed by atoms with Gasteiger partial charge in [-0.05, 0) is 64.0 Å². The van der Waals surface area contributed by atoms with Gasteiger partial charge in [-0.25, -0.2) is 9.97 Å². The van der Waals surface area contributed by atoms with E-state index in [2.05, 4.69) is 72.6 Å². The first-order valence-corrected chi connectivity index (χ1v) is 13.2. The molecule has 3 aromatic heterocycles. The molecule has 1 fully saturated rings. The molecule has 0 spiro atoms. The first kappa shape index (κ1) is 24.6. The molecule has 0 aliphatic heterocycles. The van der Waals surface area contributed by atoms with Crippen molar-refractivity contribution in [1.29, 1.82) is 0 Å². The maximum Gasteiger partial charge on any atom is 0.252 e. The number of thiophene rings is 1. The minimum atomic E-state index is -0.0292. The molecule has 1 aromatic carbocycles. The lowest BCUT2D eigenvalue weighted by molar-refractivity contribution is 0.00528.